The molecule has 9 nitrogen and oxygen atoms in total. The summed E-state index contributed by atoms with van der Waals surface area (Å²) in [5, 5.41) is 14.9. The van der Waals surface area contributed by atoms with Crippen molar-refractivity contribution in [2.75, 3.05) is 13.1 Å². The van der Waals surface area contributed by atoms with Gasteiger partial charge in [0.05, 0.1) is 23.6 Å². The Hall–Kier alpha value is -2.65. The van der Waals surface area contributed by atoms with Gasteiger partial charge in [0.2, 0.25) is 18.1 Å². The van der Waals surface area contributed by atoms with Gasteiger partial charge in [-0.15, -0.1) is 0 Å². The van der Waals surface area contributed by atoms with Gasteiger partial charge in [-0.2, -0.15) is 0 Å². The van der Waals surface area contributed by atoms with Crippen molar-refractivity contribution in [2.24, 2.45) is 0 Å². The number of rotatable bonds is 5. The molecule has 3 amide bonds. The van der Waals surface area contributed by atoms with Crippen molar-refractivity contribution in [2.45, 2.75) is 37.6 Å². The number of carbonyl (C=O) groups excluding carboxylic acids is 4. The minimum absolute atomic E-state index is 0.124. The number of esters is 1. The zero-order valence-corrected chi connectivity index (χ0v) is 15.6. The lowest BCUT2D eigenvalue weighted by molar-refractivity contribution is -0.155. The van der Waals surface area contributed by atoms with E-state index in [9.17, 15) is 24.3 Å². The molecule has 10 heteroatoms. The van der Waals surface area contributed by atoms with E-state index in [2.05, 4.69) is 15.4 Å². The van der Waals surface area contributed by atoms with Crippen LogP contribution in [0.4, 0.5) is 0 Å². The molecule has 0 aliphatic carbocycles. The lowest BCUT2D eigenvalue weighted by atomic mass is 10.1. The van der Waals surface area contributed by atoms with E-state index >= 15 is 0 Å². The summed E-state index contributed by atoms with van der Waals surface area (Å²) in [5.74, 6) is -1.95. The highest BCUT2D eigenvalue weighted by atomic mass is 35.5. The molecule has 1 aromatic rings. The molecule has 2 saturated heterocycles. The number of ether oxygens (including phenoxy) is 1. The van der Waals surface area contributed by atoms with Gasteiger partial charge in [0, 0.05) is 6.54 Å². The Labute approximate surface area is 166 Å². The second-order valence-electron chi connectivity index (χ2n) is 6.61. The van der Waals surface area contributed by atoms with Gasteiger partial charge in [-0.05, 0) is 25.0 Å². The second-order valence-corrected chi connectivity index (χ2v) is 7.01. The molecule has 0 bridgehead atoms. The lowest BCUT2D eigenvalue weighted by Crippen LogP contribution is -2.52. The van der Waals surface area contributed by atoms with E-state index in [4.69, 9.17) is 11.6 Å². The Bertz CT molecular complexity index is 801. The summed E-state index contributed by atoms with van der Waals surface area (Å²) < 4.78 is 4.59. The van der Waals surface area contributed by atoms with Crippen LogP contribution in [0.15, 0.2) is 24.3 Å². The Morgan fingerprint density at radius 3 is 2.71 bits per heavy atom. The molecule has 3 N–H and O–H groups in total. The molecular weight excluding hydrogens is 390 g/mol. The quantitative estimate of drug-likeness (QED) is 0.579. The molecule has 0 radical (unpaired) electrons. The van der Waals surface area contributed by atoms with E-state index in [1.165, 1.54) is 4.90 Å². The zero-order chi connectivity index (χ0) is 20.3. The molecule has 3 rings (SSSR count). The van der Waals surface area contributed by atoms with Crippen molar-refractivity contribution in [3.05, 3.63) is 34.9 Å². The van der Waals surface area contributed by atoms with Crippen LogP contribution in [0.1, 0.15) is 29.6 Å². The third-order valence-corrected chi connectivity index (χ3v) is 5.03. The van der Waals surface area contributed by atoms with E-state index in [0.29, 0.717) is 19.4 Å². The van der Waals surface area contributed by atoms with Crippen LogP contribution >= 0.6 is 11.6 Å². The summed E-state index contributed by atoms with van der Waals surface area (Å²) in [5.41, 5.74) is 0.257. The van der Waals surface area contributed by atoms with E-state index in [1.54, 1.807) is 24.3 Å². The fraction of sp³-hybridized carbons (Fsp3) is 0.444. The molecule has 2 aliphatic rings. The van der Waals surface area contributed by atoms with E-state index < -0.39 is 42.1 Å². The summed E-state index contributed by atoms with van der Waals surface area (Å²) in [6.07, 6.45) is -0.433. The molecule has 28 heavy (non-hydrogen) atoms. The number of hydrogen-bond acceptors (Lipinski definition) is 6. The Morgan fingerprint density at radius 1 is 1.29 bits per heavy atom. The number of nitrogens with one attached hydrogen (secondary N) is 2. The molecule has 2 aliphatic heterocycles. The predicted molar refractivity (Wildman–Crippen MR) is 97.2 cm³/mol. The second kappa shape index (κ2) is 8.57. The molecule has 2 heterocycles. The van der Waals surface area contributed by atoms with Gasteiger partial charge in [0.1, 0.15) is 12.1 Å². The number of amides is 3. The molecule has 3 atom stereocenters. The summed E-state index contributed by atoms with van der Waals surface area (Å²) in [4.78, 5) is 49.7. The lowest BCUT2D eigenvalue weighted by Gasteiger charge is -2.25. The van der Waals surface area contributed by atoms with Gasteiger partial charge in [-0.1, -0.05) is 23.7 Å². The number of likely N-dealkylation sites (tertiary alicyclic amines) is 1. The molecule has 1 aromatic carbocycles. The minimum Gasteiger partial charge on any atom is -0.434 e. The van der Waals surface area contributed by atoms with Crippen LogP contribution in [0.2, 0.25) is 5.02 Å². The largest absolute Gasteiger partial charge is 0.434 e. The van der Waals surface area contributed by atoms with Crippen molar-refractivity contribution >= 4 is 35.3 Å². The highest BCUT2D eigenvalue weighted by Crippen LogP contribution is 2.20. The number of cyclic esters (lactones) is 1. The van der Waals surface area contributed by atoms with Crippen LogP contribution in [0.5, 0.6) is 0 Å². The zero-order valence-electron chi connectivity index (χ0n) is 14.9. The first-order valence-corrected chi connectivity index (χ1v) is 9.24. The van der Waals surface area contributed by atoms with E-state index in [-0.39, 0.29) is 23.6 Å². The molecule has 0 unspecified atom stereocenters. The van der Waals surface area contributed by atoms with Crippen LogP contribution in [0.25, 0.3) is 0 Å². The Morgan fingerprint density at radius 2 is 2.04 bits per heavy atom. The van der Waals surface area contributed by atoms with Crippen molar-refractivity contribution in [1.82, 2.24) is 15.5 Å². The fourth-order valence-corrected chi connectivity index (χ4v) is 3.50. The maximum absolute atomic E-state index is 12.5. The van der Waals surface area contributed by atoms with Crippen molar-refractivity contribution < 1.29 is 29.0 Å². The third kappa shape index (κ3) is 4.42. The summed E-state index contributed by atoms with van der Waals surface area (Å²) in [7, 11) is 0. The van der Waals surface area contributed by atoms with Crippen molar-refractivity contribution in [3.8, 4) is 0 Å². The van der Waals surface area contributed by atoms with E-state index in [1.807, 2.05) is 0 Å². The van der Waals surface area contributed by atoms with Gasteiger partial charge >= 0.3 is 5.97 Å². The minimum atomic E-state index is -1.39. The molecule has 0 aromatic heterocycles. The highest BCUT2D eigenvalue weighted by molar-refractivity contribution is 6.33. The van der Waals surface area contributed by atoms with Gasteiger partial charge in [0.25, 0.3) is 5.91 Å². The molecule has 0 saturated carbocycles. The third-order valence-electron chi connectivity index (χ3n) is 4.71. The average Bonchev–Trinajstić information content (AvgIpc) is 3.26. The smallest absolute Gasteiger partial charge is 0.310 e. The molecule has 0 spiro atoms. The maximum Gasteiger partial charge on any atom is 0.310 e. The maximum atomic E-state index is 12.5. The van der Waals surface area contributed by atoms with Crippen LogP contribution in [0.3, 0.4) is 0 Å². The number of aliphatic hydroxyl groups is 1. The van der Waals surface area contributed by atoms with Gasteiger partial charge in [0.15, 0.2) is 0 Å². The Kier molecular flexibility index (Phi) is 6.15. The number of benzene rings is 1. The molecular formula is C18H20ClN3O6. The first-order chi connectivity index (χ1) is 13.4. The van der Waals surface area contributed by atoms with Crippen LogP contribution in [0, 0.1) is 0 Å². The van der Waals surface area contributed by atoms with Gasteiger partial charge in [-0.3, -0.25) is 19.2 Å². The van der Waals surface area contributed by atoms with Gasteiger partial charge < -0.3 is 25.4 Å². The van der Waals surface area contributed by atoms with E-state index in [0.717, 1.165) is 0 Å². The summed E-state index contributed by atoms with van der Waals surface area (Å²) >= 11 is 5.97. The number of nitrogens with zero attached hydrogens (tertiary/aromatic N) is 1. The van der Waals surface area contributed by atoms with Crippen LogP contribution in [-0.4, -0.2) is 65.2 Å². The first-order valence-electron chi connectivity index (χ1n) is 8.87. The SMILES string of the molecule is O=C1C[C@H](NC(=O)[C@@H]2CCCN2C(=O)CNC(=O)c2ccccc2Cl)[C@H](O)O1. The Balaban J connectivity index is 1.55. The number of carbonyl (C=O) groups is 4. The molecule has 150 valence electrons. The predicted octanol–water partition coefficient (Wildman–Crippen LogP) is -0.189. The van der Waals surface area contributed by atoms with Crippen LogP contribution in [-0.2, 0) is 19.1 Å². The van der Waals surface area contributed by atoms with Crippen molar-refractivity contribution in [1.29, 1.82) is 0 Å². The normalized spacial score (nSPS) is 24.0. The van der Waals surface area contributed by atoms with Crippen molar-refractivity contribution in [3.63, 3.8) is 0 Å². The monoisotopic (exact) mass is 409 g/mol. The van der Waals surface area contributed by atoms with Crippen LogP contribution < -0.4 is 10.6 Å². The van der Waals surface area contributed by atoms with Gasteiger partial charge in [-0.25, -0.2) is 0 Å². The highest BCUT2D eigenvalue weighted by Gasteiger charge is 2.39. The standard InChI is InChI=1S/C18H20ClN3O6/c19-11-5-2-1-4-10(11)16(25)20-9-14(23)22-7-3-6-13(22)17(26)21-12-8-15(24)28-18(12)27/h1-2,4-5,12-13,18,27H,3,6-9H2,(H,20,25)(H,21,26)/t12-,13-,18+/m0/s1. The average molecular weight is 410 g/mol. The fourth-order valence-electron chi connectivity index (χ4n) is 3.28. The number of hydrogen-bond donors (Lipinski definition) is 3. The molecule has 2 fully saturated rings. The summed E-state index contributed by atoms with van der Waals surface area (Å²) in [6.45, 7) is 0.100. The number of aliphatic hydroxyl groups excluding tert-OH is 1. The number of halogens is 1. The summed E-state index contributed by atoms with van der Waals surface area (Å²) in [6, 6.07) is 4.91. The first kappa shape index (κ1) is 20.1. The topological polar surface area (TPSA) is 125 Å².